The van der Waals surface area contributed by atoms with E-state index in [1.807, 2.05) is 0 Å². The van der Waals surface area contributed by atoms with Crippen molar-refractivity contribution in [2.24, 2.45) is 16.1 Å². The second kappa shape index (κ2) is 7.07. The van der Waals surface area contributed by atoms with Gasteiger partial charge in [0.2, 0.25) is 0 Å². The van der Waals surface area contributed by atoms with Crippen molar-refractivity contribution in [3.63, 3.8) is 0 Å². The first-order chi connectivity index (χ1) is 9.18. The van der Waals surface area contributed by atoms with Crippen molar-refractivity contribution in [1.29, 1.82) is 0 Å². The molecule has 0 bridgehead atoms. The summed E-state index contributed by atoms with van der Waals surface area (Å²) >= 11 is 0. The maximum Gasteiger partial charge on any atom is 0.188 e. The van der Waals surface area contributed by atoms with Crippen molar-refractivity contribution < 1.29 is 9.47 Å². The van der Waals surface area contributed by atoms with E-state index in [9.17, 15) is 0 Å². The fourth-order valence-electron chi connectivity index (χ4n) is 2.22. The van der Waals surface area contributed by atoms with Gasteiger partial charge in [0.05, 0.1) is 33.0 Å². The van der Waals surface area contributed by atoms with Crippen LogP contribution in [0.1, 0.15) is 13.3 Å². The Morgan fingerprint density at radius 1 is 1.32 bits per heavy atom. The van der Waals surface area contributed by atoms with Gasteiger partial charge in [0.1, 0.15) is 0 Å². The minimum absolute atomic E-state index is 0.195. The fraction of sp³-hybridized carbons (Fsp3) is 0.923. The van der Waals surface area contributed by atoms with Crippen LogP contribution in [-0.4, -0.2) is 70.0 Å². The molecule has 2 rings (SSSR count). The van der Waals surface area contributed by atoms with E-state index in [2.05, 4.69) is 22.1 Å². The Bertz CT molecular complexity index is 299. The monoisotopic (exact) mass is 270 g/mol. The molecule has 0 saturated carbocycles. The lowest BCUT2D eigenvalue weighted by Gasteiger charge is -2.36. The highest BCUT2D eigenvalue weighted by molar-refractivity contribution is 5.77. The molecule has 0 atom stereocenters. The van der Waals surface area contributed by atoms with Crippen LogP contribution in [0.2, 0.25) is 0 Å². The van der Waals surface area contributed by atoms with Crippen molar-refractivity contribution in [3.05, 3.63) is 0 Å². The first kappa shape index (κ1) is 14.6. The highest BCUT2D eigenvalue weighted by Gasteiger charge is 2.32. The summed E-state index contributed by atoms with van der Waals surface area (Å²) in [5.74, 6) is 0.551. The molecular formula is C13H26N4O2. The first-order valence-electron chi connectivity index (χ1n) is 7.10. The number of guanidine groups is 1. The third-order valence-electron chi connectivity index (χ3n) is 3.59. The van der Waals surface area contributed by atoms with Gasteiger partial charge in [0, 0.05) is 25.0 Å². The van der Waals surface area contributed by atoms with Gasteiger partial charge in [-0.15, -0.1) is 0 Å². The Kier molecular flexibility index (Phi) is 5.42. The molecule has 0 aliphatic carbocycles. The predicted octanol–water partition coefficient (Wildman–Crippen LogP) is -0.350. The third kappa shape index (κ3) is 4.97. The molecule has 3 N–H and O–H groups in total. The zero-order chi connectivity index (χ0) is 13.6. The van der Waals surface area contributed by atoms with Crippen LogP contribution in [0.4, 0.5) is 0 Å². The molecule has 0 unspecified atom stereocenters. The Morgan fingerprint density at radius 3 is 2.68 bits per heavy atom. The van der Waals surface area contributed by atoms with Crippen LogP contribution < -0.4 is 11.1 Å². The van der Waals surface area contributed by atoms with Crippen molar-refractivity contribution in [3.8, 4) is 0 Å². The lowest BCUT2D eigenvalue weighted by molar-refractivity contribution is -0.0945. The molecule has 6 heteroatoms. The summed E-state index contributed by atoms with van der Waals surface area (Å²) in [7, 11) is 0. The van der Waals surface area contributed by atoms with Crippen molar-refractivity contribution in [2.75, 3.05) is 59.2 Å². The number of nitrogens with one attached hydrogen (secondary N) is 1. The van der Waals surface area contributed by atoms with E-state index in [0.717, 1.165) is 65.6 Å². The standard InChI is InChI=1S/C13H26N4O2/c1-13(10-19-11-13)9-16-12(14)15-3-2-4-17-5-7-18-8-6-17/h2-11H2,1H3,(H3,14,15,16). The molecule has 2 aliphatic heterocycles. The number of ether oxygens (including phenoxy) is 2. The summed E-state index contributed by atoms with van der Waals surface area (Å²) in [4.78, 5) is 6.79. The zero-order valence-electron chi connectivity index (χ0n) is 11.9. The number of rotatable bonds is 6. The van der Waals surface area contributed by atoms with E-state index in [-0.39, 0.29) is 5.41 Å². The molecule has 0 spiro atoms. The summed E-state index contributed by atoms with van der Waals surface area (Å²) in [6.07, 6.45) is 1.08. The molecule has 0 aromatic heterocycles. The van der Waals surface area contributed by atoms with Crippen molar-refractivity contribution in [1.82, 2.24) is 10.2 Å². The summed E-state index contributed by atoms with van der Waals surface area (Å²) in [6.45, 7) is 10.3. The Labute approximate surface area is 115 Å². The van der Waals surface area contributed by atoms with Gasteiger partial charge in [-0.3, -0.25) is 9.89 Å². The topological polar surface area (TPSA) is 72.1 Å². The highest BCUT2D eigenvalue weighted by Crippen LogP contribution is 2.26. The average molecular weight is 270 g/mol. The van der Waals surface area contributed by atoms with Gasteiger partial charge in [-0.05, 0) is 13.0 Å². The molecule has 19 heavy (non-hydrogen) atoms. The average Bonchev–Trinajstić information content (AvgIpc) is 2.40. The van der Waals surface area contributed by atoms with E-state index in [4.69, 9.17) is 15.2 Å². The number of hydrogen-bond acceptors (Lipinski definition) is 4. The zero-order valence-corrected chi connectivity index (χ0v) is 11.9. The van der Waals surface area contributed by atoms with E-state index in [1.165, 1.54) is 0 Å². The Balaban J connectivity index is 1.53. The van der Waals surface area contributed by atoms with Gasteiger partial charge in [0.25, 0.3) is 0 Å². The molecule has 2 aliphatic rings. The number of nitrogens with zero attached hydrogens (tertiary/aromatic N) is 2. The first-order valence-corrected chi connectivity index (χ1v) is 7.10. The predicted molar refractivity (Wildman–Crippen MR) is 75.3 cm³/mol. The van der Waals surface area contributed by atoms with Gasteiger partial charge >= 0.3 is 0 Å². The van der Waals surface area contributed by atoms with Gasteiger partial charge in [-0.2, -0.15) is 0 Å². The van der Waals surface area contributed by atoms with Crippen LogP contribution in [0.3, 0.4) is 0 Å². The lowest BCUT2D eigenvalue weighted by atomic mass is 9.89. The van der Waals surface area contributed by atoms with E-state index >= 15 is 0 Å². The van der Waals surface area contributed by atoms with Gasteiger partial charge in [0.15, 0.2) is 5.96 Å². The number of hydrogen-bond donors (Lipinski definition) is 2. The van der Waals surface area contributed by atoms with Crippen LogP contribution in [0, 0.1) is 5.41 Å². The van der Waals surface area contributed by atoms with Crippen LogP contribution in [0.25, 0.3) is 0 Å². The summed E-state index contributed by atoms with van der Waals surface area (Å²) in [6, 6.07) is 0. The van der Waals surface area contributed by atoms with Crippen LogP contribution in [0.15, 0.2) is 4.99 Å². The number of aliphatic imine (C=N–C) groups is 1. The molecule has 2 heterocycles. The molecule has 0 aromatic rings. The molecular weight excluding hydrogens is 244 g/mol. The maximum atomic E-state index is 5.84. The Morgan fingerprint density at radius 2 is 2.05 bits per heavy atom. The van der Waals surface area contributed by atoms with Gasteiger partial charge < -0.3 is 20.5 Å². The molecule has 0 aromatic carbocycles. The van der Waals surface area contributed by atoms with Gasteiger partial charge in [-0.1, -0.05) is 6.92 Å². The molecule has 2 fully saturated rings. The second-order valence-corrected chi connectivity index (χ2v) is 5.74. The van der Waals surface area contributed by atoms with Gasteiger partial charge in [-0.25, -0.2) is 0 Å². The van der Waals surface area contributed by atoms with Crippen molar-refractivity contribution >= 4 is 5.96 Å². The van der Waals surface area contributed by atoms with E-state index in [1.54, 1.807) is 0 Å². The molecule has 110 valence electrons. The summed E-state index contributed by atoms with van der Waals surface area (Å²) in [5.41, 5.74) is 6.04. The quantitative estimate of drug-likeness (QED) is 0.392. The van der Waals surface area contributed by atoms with E-state index in [0.29, 0.717) is 5.96 Å². The van der Waals surface area contributed by atoms with E-state index < -0.39 is 0 Å². The smallest absolute Gasteiger partial charge is 0.188 e. The minimum Gasteiger partial charge on any atom is -0.380 e. The normalized spacial score (nSPS) is 23.9. The summed E-state index contributed by atoms with van der Waals surface area (Å²) in [5, 5.41) is 3.17. The third-order valence-corrected chi connectivity index (χ3v) is 3.59. The lowest BCUT2D eigenvalue weighted by Crippen LogP contribution is -2.44. The number of nitrogens with two attached hydrogens (primary N) is 1. The molecule has 0 radical (unpaired) electrons. The Hall–Kier alpha value is -0.850. The molecule has 0 amide bonds. The second-order valence-electron chi connectivity index (χ2n) is 5.74. The SMILES string of the molecule is CC1(CN=C(N)NCCCN2CCOCC2)COC1. The van der Waals surface area contributed by atoms with Crippen LogP contribution in [-0.2, 0) is 9.47 Å². The highest BCUT2D eigenvalue weighted by atomic mass is 16.5. The maximum absolute atomic E-state index is 5.84. The van der Waals surface area contributed by atoms with Crippen LogP contribution in [0.5, 0.6) is 0 Å². The van der Waals surface area contributed by atoms with Crippen LogP contribution >= 0.6 is 0 Å². The molecule has 6 nitrogen and oxygen atoms in total. The largest absolute Gasteiger partial charge is 0.380 e. The fourth-order valence-corrected chi connectivity index (χ4v) is 2.22. The minimum atomic E-state index is 0.195. The molecule has 2 saturated heterocycles. The number of morpholine rings is 1. The van der Waals surface area contributed by atoms with Crippen molar-refractivity contribution in [2.45, 2.75) is 13.3 Å². The summed E-state index contributed by atoms with van der Waals surface area (Å²) < 4.78 is 10.5.